The van der Waals surface area contributed by atoms with E-state index in [4.69, 9.17) is 0 Å². The molecule has 0 saturated carbocycles. The van der Waals surface area contributed by atoms with Gasteiger partial charge < -0.3 is 10.2 Å². The van der Waals surface area contributed by atoms with Crippen molar-refractivity contribution in [3.8, 4) is 0 Å². The van der Waals surface area contributed by atoms with Gasteiger partial charge in [0.1, 0.15) is 0 Å². The SMILES string of the molecule is CCc1ccc(C2=CN(C)C(C)C(/C(C)=C\NC)=C2)cc1. The predicted molar refractivity (Wildman–Crippen MR) is 91.9 cm³/mol. The summed E-state index contributed by atoms with van der Waals surface area (Å²) in [6, 6.07) is 9.28. The van der Waals surface area contributed by atoms with E-state index in [1.807, 2.05) is 7.05 Å². The summed E-state index contributed by atoms with van der Waals surface area (Å²) in [7, 11) is 4.09. The first-order valence-electron chi connectivity index (χ1n) is 7.66. The molecule has 0 aliphatic carbocycles. The molecular formula is C19H26N2. The summed E-state index contributed by atoms with van der Waals surface area (Å²) in [6.07, 6.45) is 7.71. The van der Waals surface area contributed by atoms with Crippen LogP contribution < -0.4 is 5.32 Å². The number of rotatable bonds is 4. The monoisotopic (exact) mass is 282 g/mol. The van der Waals surface area contributed by atoms with Gasteiger partial charge in [-0.1, -0.05) is 31.2 Å². The van der Waals surface area contributed by atoms with Crippen molar-refractivity contribution < 1.29 is 0 Å². The van der Waals surface area contributed by atoms with Crippen molar-refractivity contribution in [1.29, 1.82) is 0 Å². The van der Waals surface area contributed by atoms with E-state index >= 15 is 0 Å². The van der Waals surface area contributed by atoms with Crippen molar-refractivity contribution in [2.24, 2.45) is 0 Å². The molecule has 1 aromatic rings. The Morgan fingerprint density at radius 3 is 2.52 bits per heavy atom. The number of allylic oxidation sites excluding steroid dienone is 2. The van der Waals surface area contributed by atoms with Crippen LogP contribution in [0.5, 0.6) is 0 Å². The number of nitrogens with one attached hydrogen (secondary N) is 1. The second kappa shape index (κ2) is 6.66. The van der Waals surface area contributed by atoms with Gasteiger partial charge in [0.15, 0.2) is 0 Å². The third kappa shape index (κ3) is 3.38. The summed E-state index contributed by atoms with van der Waals surface area (Å²) in [5.41, 5.74) is 6.58. The van der Waals surface area contributed by atoms with Gasteiger partial charge in [-0.3, -0.25) is 0 Å². The van der Waals surface area contributed by atoms with E-state index in [-0.39, 0.29) is 0 Å². The van der Waals surface area contributed by atoms with Crippen LogP contribution >= 0.6 is 0 Å². The van der Waals surface area contributed by atoms with E-state index < -0.39 is 0 Å². The highest BCUT2D eigenvalue weighted by Gasteiger charge is 2.19. The van der Waals surface area contributed by atoms with Crippen molar-refractivity contribution in [1.82, 2.24) is 10.2 Å². The molecular weight excluding hydrogens is 256 g/mol. The highest BCUT2D eigenvalue weighted by atomic mass is 15.1. The van der Waals surface area contributed by atoms with Crippen molar-refractivity contribution in [3.63, 3.8) is 0 Å². The van der Waals surface area contributed by atoms with Crippen LogP contribution in [0.3, 0.4) is 0 Å². The van der Waals surface area contributed by atoms with E-state index in [1.165, 1.54) is 27.8 Å². The lowest BCUT2D eigenvalue weighted by molar-refractivity contribution is 0.392. The molecule has 2 nitrogen and oxygen atoms in total. The Morgan fingerprint density at radius 1 is 1.29 bits per heavy atom. The standard InChI is InChI=1S/C19H26N2/c1-6-16-7-9-17(10-8-16)18-11-19(14(2)12-20-4)15(3)21(5)13-18/h7-13,15,20H,6H2,1-5H3/b14-12-. The third-order valence-electron chi connectivity index (χ3n) is 4.23. The number of hydrogen-bond donors (Lipinski definition) is 1. The zero-order chi connectivity index (χ0) is 15.4. The molecule has 0 saturated heterocycles. The van der Waals surface area contributed by atoms with Gasteiger partial charge in [-0.05, 0) is 60.4 Å². The minimum atomic E-state index is 0.397. The van der Waals surface area contributed by atoms with Gasteiger partial charge in [-0.25, -0.2) is 0 Å². The van der Waals surface area contributed by atoms with Gasteiger partial charge in [-0.15, -0.1) is 0 Å². The van der Waals surface area contributed by atoms with E-state index in [2.05, 4.69) is 80.8 Å². The van der Waals surface area contributed by atoms with Gasteiger partial charge in [0.25, 0.3) is 0 Å². The van der Waals surface area contributed by atoms with Gasteiger partial charge in [0.05, 0.1) is 6.04 Å². The molecule has 21 heavy (non-hydrogen) atoms. The summed E-state index contributed by atoms with van der Waals surface area (Å²) in [4.78, 5) is 2.28. The Hall–Kier alpha value is -1.96. The highest BCUT2D eigenvalue weighted by molar-refractivity contribution is 5.77. The van der Waals surface area contributed by atoms with Crippen molar-refractivity contribution in [2.75, 3.05) is 14.1 Å². The molecule has 0 aromatic heterocycles. The van der Waals surface area contributed by atoms with Crippen LogP contribution in [-0.4, -0.2) is 25.0 Å². The summed E-state index contributed by atoms with van der Waals surface area (Å²) in [5.74, 6) is 0. The van der Waals surface area contributed by atoms with Crippen LogP contribution in [0, 0.1) is 0 Å². The summed E-state index contributed by atoms with van der Waals surface area (Å²) >= 11 is 0. The fraction of sp³-hybridized carbons (Fsp3) is 0.368. The molecule has 1 heterocycles. The first kappa shape index (κ1) is 15.4. The molecule has 0 fully saturated rings. The van der Waals surface area contributed by atoms with E-state index in [0.29, 0.717) is 6.04 Å². The van der Waals surface area contributed by atoms with Crippen LogP contribution in [0.15, 0.2) is 53.9 Å². The molecule has 1 N–H and O–H groups in total. The summed E-state index contributed by atoms with van der Waals surface area (Å²) < 4.78 is 0. The normalized spacial score (nSPS) is 19.2. The van der Waals surface area contributed by atoms with Gasteiger partial charge in [0, 0.05) is 20.3 Å². The fourth-order valence-corrected chi connectivity index (χ4v) is 2.71. The lowest BCUT2D eigenvalue weighted by Crippen LogP contribution is -2.29. The van der Waals surface area contributed by atoms with Crippen molar-refractivity contribution in [3.05, 3.63) is 65.0 Å². The maximum Gasteiger partial charge on any atom is 0.0509 e. The van der Waals surface area contributed by atoms with Gasteiger partial charge in [-0.2, -0.15) is 0 Å². The largest absolute Gasteiger partial charge is 0.394 e. The first-order valence-corrected chi connectivity index (χ1v) is 7.66. The minimum absolute atomic E-state index is 0.397. The number of likely N-dealkylation sites (N-methyl/N-ethyl adjacent to an activating group) is 1. The Morgan fingerprint density at radius 2 is 1.95 bits per heavy atom. The molecule has 1 aliphatic rings. The quantitative estimate of drug-likeness (QED) is 0.899. The lowest BCUT2D eigenvalue weighted by Gasteiger charge is -2.31. The Bertz CT molecular complexity index is 576. The van der Waals surface area contributed by atoms with E-state index in [1.54, 1.807) is 0 Å². The minimum Gasteiger partial charge on any atom is -0.394 e. The zero-order valence-electron chi connectivity index (χ0n) is 13.8. The average Bonchev–Trinajstić information content (AvgIpc) is 2.50. The smallest absolute Gasteiger partial charge is 0.0509 e. The van der Waals surface area contributed by atoms with E-state index in [0.717, 1.165) is 6.42 Å². The molecule has 2 heteroatoms. The Kier molecular flexibility index (Phi) is 4.89. The third-order valence-corrected chi connectivity index (χ3v) is 4.23. The molecule has 2 rings (SSSR count). The highest BCUT2D eigenvalue weighted by Crippen LogP contribution is 2.29. The van der Waals surface area contributed by atoms with E-state index in [9.17, 15) is 0 Å². The second-order valence-electron chi connectivity index (χ2n) is 5.69. The van der Waals surface area contributed by atoms with Crippen LogP contribution in [0.25, 0.3) is 5.57 Å². The number of nitrogens with zero attached hydrogens (tertiary/aromatic N) is 1. The Balaban J connectivity index is 2.38. The van der Waals surface area contributed by atoms with Crippen LogP contribution in [0.2, 0.25) is 0 Å². The topological polar surface area (TPSA) is 15.3 Å². The molecule has 1 aliphatic heterocycles. The summed E-state index contributed by atoms with van der Waals surface area (Å²) in [5, 5.41) is 3.13. The van der Waals surface area contributed by atoms with Gasteiger partial charge in [0.2, 0.25) is 0 Å². The fourth-order valence-electron chi connectivity index (χ4n) is 2.71. The maximum absolute atomic E-state index is 3.13. The molecule has 0 radical (unpaired) electrons. The van der Waals surface area contributed by atoms with Crippen LogP contribution in [0.4, 0.5) is 0 Å². The Labute approximate surface area is 128 Å². The second-order valence-corrected chi connectivity index (χ2v) is 5.69. The van der Waals surface area contributed by atoms with Crippen molar-refractivity contribution in [2.45, 2.75) is 33.2 Å². The molecule has 0 spiro atoms. The first-order chi connectivity index (χ1) is 10.1. The molecule has 1 unspecified atom stereocenters. The van der Waals surface area contributed by atoms with Gasteiger partial charge >= 0.3 is 0 Å². The molecule has 1 atom stereocenters. The van der Waals surface area contributed by atoms with Crippen molar-refractivity contribution >= 4 is 5.57 Å². The molecule has 1 aromatic carbocycles. The predicted octanol–water partition coefficient (Wildman–Crippen LogP) is 3.97. The lowest BCUT2D eigenvalue weighted by atomic mass is 9.92. The summed E-state index contributed by atoms with van der Waals surface area (Å²) in [6.45, 7) is 6.59. The number of aryl methyl sites for hydroxylation is 1. The number of benzene rings is 1. The zero-order valence-corrected chi connectivity index (χ0v) is 13.8. The molecule has 112 valence electrons. The average molecular weight is 282 g/mol. The maximum atomic E-state index is 3.13. The van der Waals surface area contributed by atoms with Crippen LogP contribution in [-0.2, 0) is 6.42 Å². The molecule has 0 amide bonds. The van der Waals surface area contributed by atoms with Crippen LogP contribution in [0.1, 0.15) is 31.9 Å². The molecule has 0 bridgehead atoms. The number of hydrogen-bond acceptors (Lipinski definition) is 2.